The molecule has 1 aliphatic heterocycles. The third-order valence-electron chi connectivity index (χ3n) is 6.23. The molecule has 33 heavy (non-hydrogen) atoms. The molecule has 2 aromatic rings. The van der Waals surface area contributed by atoms with Crippen LogP contribution in [0.25, 0.3) is 0 Å². The van der Waals surface area contributed by atoms with E-state index in [0.717, 1.165) is 18.4 Å². The van der Waals surface area contributed by atoms with Crippen LogP contribution >= 0.6 is 11.6 Å². The van der Waals surface area contributed by atoms with Crippen molar-refractivity contribution >= 4 is 29.1 Å². The molecular formula is C25H29ClFN3O3. The van der Waals surface area contributed by atoms with Gasteiger partial charge in [-0.25, -0.2) is 4.39 Å². The summed E-state index contributed by atoms with van der Waals surface area (Å²) < 4.78 is 19.0. The quantitative estimate of drug-likeness (QED) is 0.650. The fourth-order valence-electron chi connectivity index (χ4n) is 4.12. The Bertz CT molecular complexity index is 1010. The maximum absolute atomic E-state index is 13.2. The highest BCUT2D eigenvalue weighted by atomic mass is 35.5. The second-order valence-electron chi connectivity index (χ2n) is 8.99. The van der Waals surface area contributed by atoms with Crippen LogP contribution < -0.4 is 10.1 Å². The molecule has 0 spiro atoms. The first-order valence-corrected chi connectivity index (χ1v) is 11.7. The Kier molecular flexibility index (Phi) is 7.20. The molecule has 1 saturated carbocycles. The van der Waals surface area contributed by atoms with Crippen LogP contribution in [-0.2, 0) is 16.1 Å². The Hall–Kier alpha value is -2.64. The van der Waals surface area contributed by atoms with E-state index in [2.05, 4.69) is 17.1 Å². The standard InChI is InChI=1S/C25H29ClFN3O3/c1-16-13-30(17(2)12-29(16)14-18-3-8-21(27)9-4-18)24(31)15-33-23-10-7-20(26)11-22(23)28-25(32)19-5-6-19/h3-4,7-11,16-17,19H,5-6,12-15H2,1-2H3,(H,28,32)/t16-,17+/m1/s1. The Morgan fingerprint density at radius 3 is 2.52 bits per heavy atom. The molecule has 2 amide bonds. The number of carbonyl (C=O) groups excluding carboxylic acids is 2. The topological polar surface area (TPSA) is 61.9 Å². The van der Waals surface area contributed by atoms with Crippen LogP contribution in [0.3, 0.4) is 0 Å². The van der Waals surface area contributed by atoms with Gasteiger partial charge in [0.2, 0.25) is 5.91 Å². The van der Waals surface area contributed by atoms with E-state index >= 15 is 0 Å². The number of nitrogens with one attached hydrogen (secondary N) is 1. The van der Waals surface area contributed by atoms with E-state index in [0.29, 0.717) is 36.1 Å². The van der Waals surface area contributed by atoms with Crippen molar-refractivity contribution in [1.29, 1.82) is 0 Å². The summed E-state index contributed by atoms with van der Waals surface area (Å²) in [4.78, 5) is 29.3. The van der Waals surface area contributed by atoms with Crippen LogP contribution in [0.2, 0.25) is 5.02 Å². The highest BCUT2D eigenvalue weighted by molar-refractivity contribution is 6.31. The molecule has 0 aromatic heterocycles. The lowest BCUT2D eigenvalue weighted by molar-refractivity contribution is -0.139. The molecule has 2 aromatic carbocycles. The molecule has 176 valence electrons. The molecule has 1 heterocycles. The number of nitrogens with zero attached hydrogens (tertiary/aromatic N) is 2. The predicted octanol–water partition coefficient (Wildman–Crippen LogP) is 4.33. The molecule has 0 radical (unpaired) electrons. The third kappa shape index (κ3) is 6.03. The predicted molar refractivity (Wildman–Crippen MR) is 126 cm³/mol. The average Bonchev–Trinajstić information content (AvgIpc) is 3.62. The summed E-state index contributed by atoms with van der Waals surface area (Å²) in [5.74, 6) is 0.0781. The zero-order chi connectivity index (χ0) is 23.5. The van der Waals surface area contributed by atoms with Gasteiger partial charge in [-0.05, 0) is 62.6 Å². The Labute approximate surface area is 198 Å². The number of rotatable bonds is 7. The molecule has 0 unspecified atom stereocenters. The van der Waals surface area contributed by atoms with Gasteiger partial charge in [0.05, 0.1) is 5.69 Å². The van der Waals surface area contributed by atoms with E-state index < -0.39 is 0 Å². The van der Waals surface area contributed by atoms with Gasteiger partial charge in [-0.3, -0.25) is 14.5 Å². The first-order valence-electron chi connectivity index (χ1n) is 11.3. The SMILES string of the molecule is C[C@@H]1CN(C(=O)COc2ccc(Cl)cc2NC(=O)C2CC2)[C@@H](C)CN1Cc1ccc(F)cc1. The molecule has 8 heteroatoms. The average molecular weight is 474 g/mol. The number of carbonyl (C=O) groups is 2. The number of halogens is 2. The van der Waals surface area contributed by atoms with E-state index in [1.165, 1.54) is 12.1 Å². The monoisotopic (exact) mass is 473 g/mol. The zero-order valence-corrected chi connectivity index (χ0v) is 19.6. The molecule has 2 fully saturated rings. The number of ether oxygens (including phenoxy) is 1. The van der Waals surface area contributed by atoms with E-state index in [1.54, 1.807) is 30.3 Å². The summed E-state index contributed by atoms with van der Waals surface area (Å²) in [5, 5.41) is 3.35. The third-order valence-corrected chi connectivity index (χ3v) is 6.47. The summed E-state index contributed by atoms with van der Waals surface area (Å²) in [6.07, 6.45) is 1.79. The summed E-state index contributed by atoms with van der Waals surface area (Å²) in [5.41, 5.74) is 1.53. The fourth-order valence-corrected chi connectivity index (χ4v) is 4.29. The lowest BCUT2D eigenvalue weighted by atomic mass is 10.1. The van der Waals surface area contributed by atoms with Gasteiger partial charge >= 0.3 is 0 Å². The first kappa shape index (κ1) is 23.5. The second kappa shape index (κ2) is 10.1. The first-order chi connectivity index (χ1) is 15.8. The number of anilines is 1. The normalized spacial score (nSPS) is 21.0. The van der Waals surface area contributed by atoms with Gasteiger partial charge in [0.25, 0.3) is 5.91 Å². The van der Waals surface area contributed by atoms with Crippen molar-refractivity contribution in [3.8, 4) is 5.75 Å². The van der Waals surface area contributed by atoms with Crippen molar-refractivity contribution < 1.29 is 18.7 Å². The maximum atomic E-state index is 13.2. The van der Waals surface area contributed by atoms with Gasteiger partial charge in [0.15, 0.2) is 6.61 Å². The molecule has 1 saturated heterocycles. The Balaban J connectivity index is 1.34. The van der Waals surface area contributed by atoms with Crippen LogP contribution in [0.4, 0.5) is 10.1 Å². The van der Waals surface area contributed by atoms with Gasteiger partial charge in [-0.2, -0.15) is 0 Å². The molecule has 1 aliphatic carbocycles. The molecule has 0 bridgehead atoms. The molecular weight excluding hydrogens is 445 g/mol. The van der Waals surface area contributed by atoms with Crippen molar-refractivity contribution in [1.82, 2.24) is 9.80 Å². The zero-order valence-electron chi connectivity index (χ0n) is 18.9. The maximum Gasteiger partial charge on any atom is 0.260 e. The largest absolute Gasteiger partial charge is 0.482 e. The van der Waals surface area contributed by atoms with Crippen LogP contribution in [-0.4, -0.2) is 53.4 Å². The highest BCUT2D eigenvalue weighted by Gasteiger charge is 2.33. The number of hydrogen-bond acceptors (Lipinski definition) is 4. The summed E-state index contributed by atoms with van der Waals surface area (Å²) in [6, 6.07) is 11.7. The van der Waals surface area contributed by atoms with Crippen molar-refractivity contribution in [3.05, 3.63) is 58.9 Å². The molecule has 2 atom stereocenters. The lowest BCUT2D eigenvalue weighted by Crippen LogP contribution is -2.58. The number of amides is 2. The van der Waals surface area contributed by atoms with Crippen LogP contribution in [0.15, 0.2) is 42.5 Å². The van der Waals surface area contributed by atoms with Gasteiger partial charge in [0.1, 0.15) is 11.6 Å². The highest BCUT2D eigenvalue weighted by Crippen LogP contribution is 2.33. The molecule has 6 nitrogen and oxygen atoms in total. The number of piperazine rings is 1. The molecule has 4 rings (SSSR count). The van der Waals surface area contributed by atoms with E-state index in [1.807, 2.05) is 11.8 Å². The van der Waals surface area contributed by atoms with Crippen LogP contribution in [0, 0.1) is 11.7 Å². The Morgan fingerprint density at radius 2 is 1.82 bits per heavy atom. The fraction of sp³-hybridized carbons (Fsp3) is 0.440. The minimum Gasteiger partial charge on any atom is -0.482 e. The van der Waals surface area contributed by atoms with Gasteiger partial charge < -0.3 is 15.0 Å². The summed E-state index contributed by atoms with van der Waals surface area (Å²) >= 11 is 6.09. The van der Waals surface area contributed by atoms with Crippen LogP contribution in [0.1, 0.15) is 32.3 Å². The van der Waals surface area contributed by atoms with Gasteiger partial charge in [-0.1, -0.05) is 23.7 Å². The van der Waals surface area contributed by atoms with Crippen LogP contribution in [0.5, 0.6) is 5.75 Å². The minimum absolute atomic E-state index is 0.0111. The van der Waals surface area contributed by atoms with Gasteiger partial charge in [-0.15, -0.1) is 0 Å². The second-order valence-corrected chi connectivity index (χ2v) is 9.43. The lowest BCUT2D eigenvalue weighted by Gasteiger charge is -2.44. The smallest absolute Gasteiger partial charge is 0.260 e. The summed E-state index contributed by atoms with van der Waals surface area (Å²) in [7, 11) is 0. The number of benzene rings is 2. The van der Waals surface area contributed by atoms with Crippen molar-refractivity contribution in [2.45, 2.75) is 45.3 Å². The molecule has 1 N–H and O–H groups in total. The minimum atomic E-state index is -0.244. The van der Waals surface area contributed by atoms with Gasteiger partial charge in [0, 0.05) is 42.7 Å². The van der Waals surface area contributed by atoms with Crippen molar-refractivity contribution in [3.63, 3.8) is 0 Å². The van der Waals surface area contributed by atoms with E-state index in [9.17, 15) is 14.0 Å². The summed E-state index contributed by atoms with van der Waals surface area (Å²) in [6.45, 7) is 5.98. The van der Waals surface area contributed by atoms with E-state index in [4.69, 9.17) is 16.3 Å². The van der Waals surface area contributed by atoms with Crippen molar-refractivity contribution in [2.24, 2.45) is 5.92 Å². The molecule has 2 aliphatic rings. The van der Waals surface area contributed by atoms with Crippen molar-refractivity contribution in [2.75, 3.05) is 25.0 Å². The number of hydrogen-bond donors (Lipinski definition) is 1. The Morgan fingerprint density at radius 1 is 1.09 bits per heavy atom. The van der Waals surface area contributed by atoms with E-state index in [-0.39, 0.29) is 42.2 Å².